The molecular weight excluding hydrogens is 200 g/mol. The molecule has 1 fully saturated rings. The second kappa shape index (κ2) is 4.02. The standard InChI is InChI=1S/C10H12O5/c1-13-9(11)5-14-10(12)7-4-6-2-3-8(7)15-6/h2-3,6-8H,4-5H2,1H3. The van der Waals surface area contributed by atoms with Gasteiger partial charge < -0.3 is 14.2 Å². The lowest BCUT2D eigenvalue weighted by Crippen LogP contribution is -2.27. The van der Waals surface area contributed by atoms with Gasteiger partial charge in [-0.3, -0.25) is 4.79 Å². The average molecular weight is 212 g/mol. The minimum atomic E-state index is -0.553. The van der Waals surface area contributed by atoms with Crippen molar-refractivity contribution in [2.75, 3.05) is 13.7 Å². The molecule has 1 saturated heterocycles. The second-order valence-electron chi connectivity index (χ2n) is 3.55. The predicted octanol–water partition coefficient (Wildman–Crippen LogP) is 0.0461. The van der Waals surface area contributed by atoms with E-state index in [0.29, 0.717) is 6.42 Å². The molecule has 0 aliphatic carbocycles. The van der Waals surface area contributed by atoms with E-state index in [2.05, 4.69) is 4.74 Å². The van der Waals surface area contributed by atoms with E-state index in [0.717, 1.165) is 0 Å². The summed E-state index contributed by atoms with van der Waals surface area (Å²) in [4.78, 5) is 22.3. The van der Waals surface area contributed by atoms with E-state index in [1.807, 2.05) is 12.2 Å². The first kappa shape index (κ1) is 10.2. The van der Waals surface area contributed by atoms with Gasteiger partial charge in [-0.05, 0) is 6.42 Å². The van der Waals surface area contributed by atoms with Crippen molar-refractivity contribution in [1.82, 2.24) is 0 Å². The molecule has 0 aromatic heterocycles. The summed E-state index contributed by atoms with van der Waals surface area (Å²) < 4.78 is 14.6. The van der Waals surface area contributed by atoms with E-state index >= 15 is 0 Å². The van der Waals surface area contributed by atoms with E-state index in [4.69, 9.17) is 9.47 Å². The van der Waals surface area contributed by atoms with Crippen molar-refractivity contribution < 1.29 is 23.8 Å². The topological polar surface area (TPSA) is 61.8 Å². The van der Waals surface area contributed by atoms with Crippen LogP contribution in [0.1, 0.15) is 6.42 Å². The zero-order valence-electron chi connectivity index (χ0n) is 8.34. The largest absolute Gasteiger partial charge is 0.466 e. The van der Waals surface area contributed by atoms with Crippen molar-refractivity contribution in [3.63, 3.8) is 0 Å². The molecule has 15 heavy (non-hydrogen) atoms. The maximum Gasteiger partial charge on any atom is 0.344 e. The summed E-state index contributed by atoms with van der Waals surface area (Å²) >= 11 is 0. The Morgan fingerprint density at radius 2 is 2.27 bits per heavy atom. The Bertz CT molecular complexity index is 309. The molecule has 3 unspecified atom stereocenters. The van der Waals surface area contributed by atoms with Crippen molar-refractivity contribution in [2.45, 2.75) is 18.6 Å². The van der Waals surface area contributed by atoms with Gasteiger partial charge >= 0.3 is 11.9 Å². The zero-order chi connectivity index (χ0) is 10.8. The number of carbonyl (C=O) groups is 2. The second-order valence-corrected chi connectivity index (χ2v) is 3.55. The van der Waals surface area contributed by atoms with Gasteiger partial charge in [0, 0.05) is 0 Å². The lowest BCUT2D eigenvalue weighted by molar-refractivity contribution is -0.160. The predicted molar refractivity (Wildman–Crippen MR) is 48.9 cm³/mol. The van der Waals surface area contributed by atoms with E-state index in [1.54, 1.807) is 0 Å². The summed E-state index contributed by atoms with van der Waals surface area (Å²) in [5.74, 6) is -1.22. The Morgan fingerprint density at radius 1 is 1.47 bits per heavy atom. The van der Waals surface area contributed by atoms with Crippen molar-refractivity contribution in [2.24, 2.45) is 5.92 Å². The number of hydrogen-bond acceptors (Lipinski definition) is 5. The fraction of sp³-hybridized carbons (Fsp3) is 0.600. The number of hydrogen-bond donors (Lipinski definition) is 0. The Kier molecular flexibility index (Phi) is 2.73. The van der Waals surface area contributed by atoms with E-state index in [9.17, 15) is 9.59 Å². The van der Waals surface area contributed by atoms with Crippen LogP contribution in [0.5, 0.6) is 0 Å². The van der Waals surface area contributed by atoms with Crippen LogP contribution in [0, 0.1) is 5.92 Å². The highest BCUT2D eigenvalue weighted by atomic mass is 16.6. The maximum absolute atomic E-state index is 11.5. The van der Waals surface area contributed by atoms with Crippen molar-refractivity contribution in [1.29, 1.82) is 0 Å². The summed E-state index contributed by atoms with van der Waals surface area (Å²) in [6.45, 7) is -0.326. The number of rotatable bonds is 3. The number of ether oxygens (including phenoxy) is 3. The van der Waals surface area contributed by atoms with E-state index in [1.165, 1.54) is 7.11 Å². The molecule has 0 N–H and O–H groups in total. The van der Waals surface area contributed by atoms with Crippen LogP contribution in [0.15, 0.2) is 12.2 Å². The molecule has 2 rings (SSSR count). The zero-order valence-corrected chi connectivity index (χ0v) is 8.34. The van der Waals surface area contributed by atoms with Crippen LogP contribution in [0.4, 0.5) is 0 Å². The van der Waals surface area contributed by atoms with Gasteiger partial charge in [0.05, 0.1) is 25.2 Å². The third-order valence-corrected chi connectivity index (χ3v) is 2.59. The van der Waals surface area contributed by atoms with Gasteiger partial charge in [-0.2, -0.15) is 0 Å². The monoisotopic (exact) mass is 212 g/mol. The first-order valence-corrected chi connectivity index (χ1v) is 4.78. The fourth-order valence-corrected chi connectivity index (χ4v) is 1.80. The molecule has 5 heteroatoms. The van der Waals surface area contributed by atoms with Gasteiger partial charge in [0.15, 0.2) is 6.61 Å². The molecule has 5 nitrogen and oxygen atoms in total. The van der Waals surface area contributed by atoms with Crippen LogP contribution in [0.25, 0.3) is 0 Å². The third-order valence-electron chi connectivity index (χ3n) is 2.59. The number of esters is 2. The molecule has 0 radical (unpaired) electrons. The Morgan fingerprint density at radius 3 is 2.80 bits per heavy atom. The lowest BCUT2D eigenvalue weighted by Gasteiger charge is -2.13. The number of carbonyl (C=O) groups excluding carboxylic acids is 2. The summed E-state index contributed by atoms with van der Waals surface area (Å²) in [6, 6.07) is 0. The molecule has 2 bridgehead atoms. The number of methoxy groups -OCH3 is 1. The molecular formula is C10H12O5. The fourth-order valence-electron chi connectivity index (χ4n) is 1.80. The Labute approximate surface area is 87.0 Å². The maximum atomic E-state index is 11.5. The molecule has 0 aromatic rings. The minimum Gasteiger partial charge on any atom is -0.466 e. The van der Waals surface area contributed by atoms with Crippen molar-refractivity contribution in [3.05, 3.63) is 12.2 Å². The van der Waals surface area contributed by atoms with Crippen LogP contribution in [-0.2, 0) is 23.8 Å². The molecule has 0 aromatic carbocycles. The van der Waals surface area contributed by atoms with E-state index < -0.39 is 11.9 Å². The smallest absolute Gasteiger partial charge is 0.344 e. The number of fused-ring (bicyclic) bond motifs is 2. The average Bonchev–Trinajstić information content (AvgIpc) is 2.86. The minimum absolute atomic E-state index is 0.0330. The normalized spacial score (nSPS) is 31.7. The summed E-state index contributed by atoms with van der Waals surface area (Å²) in [6.07, 6.45) is 4.29. The Balaban J connectivity index is 1.82. The van der Waals surface area contributed by atoms with Crippen LogP contribution >= 0.6 is 0 Å². The summed E-state index contributed by atoms with van der Waals surface area (Å²) in [5, 5.41) is 0. The summed E-state index contributed by atoms with van der Waals surface area (Å²) in [5.41, 5.74) is 0. The SMILES string of the molecule is COC(=O)COC(=O)C1CC2C=CC1O2. The van der Waals surface area contributed by atoms with Gasteiger partial charge in [0.2, 0.25) is 0 Å². The highest BCUT2D eigenvalue weighted by Gasteiger charge is 2.42. The van der Waals surface area contributed by atoms with Gasteiger partial charge in [0.25, 0.3) is 0 Å². The highest BCUT2D eigenvalue weighted by molar-refractivity contribution is 5.78. The van der Waals surface area contributed by atoms with E-state index in [-0.39, 0.29) is 24.7 Å². The molecule has 82 valence electrons. The van der Waals surface area contributed by atoms with Crippen molar-refractivity contribution in [3.8, 4) is 0 Å². The molecule has 2 heterocycles. The van der Waals surface area contributed by atoms with Gasteiger partial charge in [-0.15, -0.1) is 0 Å². The van der Waals surface area contributed by atoms with Crippen molar-refractivity contribution >= 4 is 11.9 Å². The quantitative estimate of drug-likeness (QED) is 0.488. The highest BCUT2D eigenvalue weighted by Crippen LogP contribution is 2.34. The summed E-state index contributed by atoms with van der Waals surface area (Å²) in [7, 11) is 1.25. The van der Waals surface area contributed by atoms with Crippen LogP contribution < -0.4 is 0 Å². The molecule has 0 spiro atoms. The molecule has 2 aliphatic rings. The first-order chi connectivity index (χ1) is 7.20. The van der Waals surface area contributed by atoms with Gasteiger partial charge in [-0.1, -0.05) is 12.2 Å². The van der Waals surface area contributed by atoms with Crippen LogP contribution in [0.3, 0.4) is 0 Å². The van der Waals surface area contributed by atoms with Crippen LogP contribution in [0.2, 0.25) is 0 Å². The third kappa shape index (κ3) is 2.02. The first-order valence-electron chi connectivity index (χ1n) is 4.78. The molecule has 0 saturated carbocycles. The molecule has 0 amide bonds. The van der Waals surface area contributed by atoms with Crippen LogP contribution in [-0.4, -0.2) is 37.9 Å². The molecule has 3 atom stereocenters. The van der Waals surface area contributed by atoms with Gasteiger partial charge in [-0.25, -0.2) is 4.79 Å². The molecule has 2 aliphatic heterocycles. The Hall–Kier alpha value is -1.36. The van der Waals surface area contributed by atoms with Gasteiger partial charge in [0.1, 0.15) is 0 Å². The lowest BCUT2D eigenvalue weighted by atomic mass is 9.95.